The largest absolute Gasteiger partial charge is 0.508 e. The molecule has 1 aromatic rings. The summed E-state index contributed by atoms with van der Waals surface area (Å²) < 4.78 is 4.71. The van der Waals surface area contributed by atoms with Crippen molar-refractivity contribution in [1.82, 2.24) is 0 Å². The third-order valence-electron chi connectivity index (χ3n) is 3.91. The Hall–Kier alpha value is -1.81. The molecule has 1 aliphatic rings. The number of rotatable bonds is 9. The Labute approximate surface area is 158 Å². The highest BCUT2D eigenvalue weighted by molar-refractivity contribution is 5.84. The van der Waals surface area contributed by atoms with Crippen LogP contribution in [0.4, 0.5) is 0 Å². The van der Waals surface area contributed by atoms with Crippen LogP contribution in [0.3, 0.4) is 0 Å². The maximum Gasteiger partial charge on any atom is 0.330 e. The van der Waals surface area contributed by atoms with E-state index in [-0.39, 0.29) is 5.57 Å². The molecule has 0 saturated carbocycles. The van der Waals surface area contributed by atoms with Crippen molar-refractivity contribution >= 4 is 5.97 Å². The lowest BCUT2D eigenvalue weighted by Gasteiger charge is -2.04. The molecule has 0 aromatic heterocycles. The van der Waals surface area contributed by atoms with Crippen LogP contribution in [-0.4, -0.2) is 28.9 Å². The number of para-hydroxylation sites is 1. The maximum absolute atomic E-state index is 9.60. The number of ether oxygens (including phenoxy) is 1. The molecule has 1 fully saturated rings. The van der Waals surface area contributed by atoms with E-state index < -0.39 is 5.97 Å². The third kappa shape index (κ3) is 15.7. The van der Waals surface area contributed by atoms with E-state index >= 15 is 0 Å². The second-order valence-electron chi connectivity index (χ2n) is 6.73. The van der Waals surface area contributed by atoms with E-state index in [1.54, 1.807) is 6.07 Å². The van der Waals surface area contributed by atoms with Crippen molar-refractivity contribution in [3.8, 4) is 5.75 Å². The predicted octanol–water partition coefficient (Wildman–Crippen LogP) is 5.74. The van der Waals surface area contributed by atoms with Crippen molar-refractivity contribution in [3.63, 3.8) is 0 Å². The first kappa shape index (κ1) is 24.2. The van der Waals surface area contributed by atoms with E-state index in [2.05, 4.69) is 20.4 Å². The number of aliphatic carboxylic acids is 1. The number of unbranched alkanes of at least 4 members (excludes halogenated alkanes) is 6. The molecule has 0 aliphatic carbocycles. The first-order valence-electron chi connectivity index (χ1n) is 9.65. The van der Waals surface area contributed by atoms with Gasteiger partial charge in [-0.05, 0) is 38.3 Å². The molecule has 26 heavy (non-hydrogen) atoms. The molecule has 1 atom stereocenters. The van der Waals surface area contributed by atoms with Crippen LogP contribution in [-0.2, 0) is 16.0 Å². The summed E-state index contributed by atoms with van der Waals surface area (Å²) in [6.07, 6.45) is 10.9. The van der Waals surface area contributed by atoms with Crippen molar-refractivity contribution in [1.29, 1.82) is 0 Å². The minimum atomic E-state index is -0.935. The van der Waals surface area contributed by atoms with Gasteiger partial charge in [-0.25, -0.2) is 4.79 Å². The summed E-state index contributed by atoms with van der Waals surface area (Å²) in [6, 6.07) is 7.67. The zero-order chi connectivity index (χ0) is 19.8. The van der Waals surface area contributed by atoms with Gasteiger partial charge in [-0.15, -0.1) is 0 Å². The topological polar surface area (TPSA) is 70.1 Å². The number of aromatic hydroxyl groups is 1. The average molecular weight is 365 g/mol. The van der Waals surface area contributed by atoms with Crippen LogP contribution in [0.2, 0.25) is 0 Å². The van der Waals surface area contributed by atoms with Gasteiger partial charge in [-0.2, -0.15) is 0 Å². The minimum absolute atomic E-state index is 0.176. The van der Waals surface area contributed by atoms with Gasteiger partial charge >= 0.3 is 5.97 Å². The standard InChI is InChI=1S/C15H24O.C4H6O2.C3H6O/c1-2-3-4-5-6-7-8-11-14-12-9-10-13-15(14)16;1-3(2)4(5)6;1-3-2-4-3/h9-10,12-13,16H,2-8,11H2,1H3;1H2,2H3,(H,5,6);3H,2H2,1H3. The monoisotopic (exact) mass is 364 g/mol. The molecule has 1 aliphatic heterocycles. The number of benzene rings is 1. The van der Waals surface area contributed by atoms with Crippen molar-refractivity contribution in [2.24, 2.45) is 0 Å². The van der Waals surface area contributed by atoms with E-state index in [0.717, 1.165) is 18.6 Å². The van der Waals surface area contributed by atoms with Crippen molar-refractivity contribution in [2.45, 2.75) is 78.2 Å². The number of hydrogen-bond acceptors (Lipinski definition) is 3. The van der Waals surface area contributed by atoms with Crippen molar-refractivity contribution in [3.05, 3.63) is 42.0 Å². The highest BCUT2D eigenvalue weighted by Crippen LogP contribution is 2.18. The van der Waals surface area contributed by atoms with Crippen LogP contribution in [0, 0.1) is 0 Å². The molecule has 0 spiro atoms. The summed E-state index contributed by atoms with van der Waals surface area (Å²) in [6.45, 7) is 9.89. The Balaban J connectivity index is 0.000000508. The summed E-state index contributed by atoms with van der Waals surface area (Å²) in [7, 11) is 0. The van der Waals surface area contributed by atoms with Crippen LogP contribution in [0.15, 0.2) is 36.4 Å². The zero-order valence-electron chi connectivity index (χ0n) is 16.7. The van der Waals surface area contributed by atoms with Crippen molar-refractivity contribution < 1.29 is 19.7 Å². The fourth-order valence-electron chi connectivity index (χ4n) is 2.09. The van der Waals surface area contributed by atoms with Crippen LogP contribution in [0.25, 0.3) is 0 Å². The van der Waals surface area contributed by atoms with E-state index in [1.165, 1.54) is 51.9 Å². The third-order valence-corrected chi connectivity index (χ3v) is 3.91. The molecule has 1 unspecified atom stereocenters. The lowest BCUT2D eigenvalue weighted by Crippen LogP contribution is -1.92. The fraction of sp³-hybridized carbons (Fsp3) is 0.591. The number of aryl methyl sites for hydroxylation is 1. The van der Waals surface area contributed by atoms with E-state index in [1.807, 2.05) is 18.2 Å². The summed E-state index contributed by atoms with van der Waals surface area (Å²) in [4.78, 5) is 9.60. The Morgan fingerprint density at radius 3 is 2.04 bits per heavy atom. The molecule has 148 valence electrons. The van der Waals surface area contributed by atoms with E-state index in [9.17, 15) is 9.90 Å². The average Bonchev–Trinajstić information content (AvgIpc) is 3.39. The number of carboxylic acids is 1. The highest BCUT2D eigenvalue weighted by atomic mass is 16.6. The number of phenolic OH excluding ortho intramolecular Hbond substituents is 1. The smallest absolute Gasteiger partial charge is 0.330 e. The Morgan fingerprint density at radius 1 is 1.15 bits per heavy atom. The quantitative estimate of drug-likeness (QED) is 0.333. The molecule has 0 radical (unpaired) electrons. The van der Waals surface area contributed by atoms with Gasteiger partial charge < -0.3 is 14.9 Å². The van der Waals surface area contributed by atoms with Gasteiger partial charge in [0, 0.05) is 5.57 Å². The van der Waals surface area contributed by atoms with Gasteiger partial charge in [-0.1, -0.05) is 70.2 Å². The Bertz CT molecular complexity index is 495. The summed E-state index contributed by atoms with van der Waals surface area (Å²) in [5.74, 6) is -0.483. The molecule has 1 aromatic carbocycles. The van der Waals surface area contributed by atoms with Crippen LogP contribution in [0.5, 0.6) is 5.75 Å². The zero-order valence-corrected chi connectivity index (χ0v) is 16.7. The molecule has 2 N–H and O–H groups in total. The highest BCUT2D eigenvalue weighted by Gasteiger charge is 2.13. The van der Waals surface area contributed by atoms with Gasteiger partial charge in [0.15, 0.2) is 0 Å². The second-order valence-corrected chi connectivity index (χ2v) is 6.73. The lowest BCUT2D eigenvalue weighted by molar-refractivity contribution is -0.132. The fourth-order valence-corrected chi connectivity index (χ4v) is 2.09. The summed E-state index contributed by atoms with van der Waals surface area (Å²) in [5.41, 5.74) is 1.27. The number of hydrogen-bond donors (Lipinski definition) is 2. The van der Waals surface area contributed by atoms with Gasteiger partial charge in [0.1, 0.15) is 5.75 Å². The predicted molar refractivity (Wildman–Crippen MR) is 108 cm³/mol. The summed E-state index contributed by atoms with van der Waals surface area (Å²) in [5, 5.41) is 17.5. The normalized spacial score (nSPS) is 14.3. The number of epoxide rings is 1. The Kier molecular flexibility index (Phi) is 14.4. The first-order valence-corrected chi connectivity index (χ1v) is 9.65. The molecular formula is C22H36O4. The molecule has 2 rings (SSSR count). The molecule has 4 heteroatoms. The van der Waals surface area contributed by atoms with E-state index in [4.69, 9.17) is 9.84 Å². The van der Waals surface area contributed by atoms with Crippen LogP contribution < -0.4 is 0 Å². The number of carbonyl (C=O) groups is 1. The molecule has 4 nitrogen and oxygen atoms in total. The van der Waals surface area contributed by atoms with Crippen molar-refractivity contribution in [2.75, 3.05) is 6.61 Å². The molecule has 1 saturated heterocycles. The maximum atomic E-state index is 9.60. The first-order chi connectivity index (χ1) is 12.4. The summed E-state index contributed by atoms with van der Waals surface area (Å²) >= 11 is 0. The van der Waals surface area contributed by atoms with Gasteiger partial charge in [0.2, 0.25) is 0 Å². The van der Waals surface area contributed by atoms with Gasteiger partial charge in [0.05, 0.1) is 12.7 Å². The molecule has 0 bridgehead atoms. The van der Waals surface area contributed by atoms with Crippen LogP contribution in [0.1, 0.15) is 71.3 Å². The Morgan fingerprint density at radius 2 is 1.62 bits per heavy atom. The van der Waals surface area contributed by atoms with E-state index in [0.29, 0.717) is 11.9 Å². The van der Waals surface area contributed by atoms with Gasteiger partial charge in [0.25, 0.3) is 0 Å². The van der Waals surface area contributed by atoms with Gasteiger partial charge in [-0.3, -0.25) is 0 Å². The molecular weight excluding hydrogens is 328 g/mol. The minimum Gasteiger partial charge on any atom is -0.508 e. The lowest BCUT2D eigenvalue weighted by atomic mass is 10.0. The van der Waals surface area contributed by atoms with Crippen LogP contribution >= 0.6 is 0 Å². The second kappa shape index (κ2) is 15.4. The molecule has 0 amide bonds. The number of phenols is 1. The number of carboxylic acid groups (broad SMARTS) is 1. The SMILES string of the molecule is C=C(C)C(=O)O.CC1CO1.CCCCCCCCCc1ccccc1O. The molecule has 1 heterocycles.